The largest absolute Gasteiger partial charge is 0.466 e. The Hall–Kier alpha value is -1.10. The number of esters is 2. The lowest BCUT2D eigenvalue weighted by Crippen LogP contribution is -2.33. The number of carbonyl (C=O) groups excluding carboxylic acids is 2. The average molecular weight is 315 g/mol. The van der Waals surface area contributed by atoms with Crippen molar-refractivity contribution in [1.82, 2.24) is 0 Å². The van der Waals surface area contributed by atoms with Crippen LogP contribution in [0.15, 0.2) is 0 Å². The minimum atomic E-state index is -0.737. The molecule has 0 saturated heterocycles. The van der Waals surface area contributed by atoms with Crippen LogP contribution in [0.25, 0.3) is 0 Å². The Labute approximate surface area is 134 Å². The summed E-state index contributed by atoms with van der Waals surface area (Å²) in [5.41, 5.74) is 5.72. The first kappa shape index (κ1) is 20.9. The van der Waals surface area contributed by atoms with Crippen LogP contribution in [0, 0.1) is 0 Å². The molecule has 0 aliphatic heterocycles. The van der Waals surface area contributed by atoms with Crippen molar-refractivity contribution in [3.8, 4) is 0 Å². The molecule has 22 heavy (non-hydrogen) atoms. The second-order valence-electron chi connectivity index (χ2n) is 5.65. The molecule has 130 valence electrons. The van der Waals surface area contributed by atoms with E-state index < -0.39 is 12.0 Å². The summed E-state index contributed by atoms with van der Waals surface area (Å²) < 4.78 is 10.2. The van der Waals surface area contributed by atoms with Crippen molar-refractivity contribution in [1.29, 1.82) is 0 Å². The summed E-state index contributed by atoms with van der Waals surface area (Å²) in [6, 6.07) is -0.737. The van der Waals surface area contributed by atoms with E-state index in [9.17, 15) is 9.59 Å². The highest BCUT2D eigenvalue weighted by Gasteiger charge is 2.16. The molecule has 0 aromatic heterocycles. The van der Waals surface area contributed by atoms with Crippen molar-refractivity contribution < 1.29 is 19.1 Å². The fourth-order valence-electron chi connectivity index (χ4n) is 1.99. The Bertz CT molecular complexity index is 294. The summed E-state index contributed by atoms with van der Waals surface area (Å²) in [5, 5.41) is 0. The van der Waals surface area contributed by atoms with Crippen molar-refractivity contribution >= 4 is 11.9 Å². The fourth-order valence-corrected chi connectivity index (χ4v) is 1.99. The molecule has 5 nitrogen and oxygen atoms in total. The third kappa shape index (κ3) is 12.6. The minimum absolute atomic E-state index is 0.167. The van der Waals surface area contributed by atoms with E-state index in [0.717, 1.165) is 51.4 Å². The highest BCUT2D eigenvalue weighted by atomic mass is 16.5. The van der Waals surface area contributed by atoms with Gasteiger partial charge in [0.1, 0.15) is 6.04 Å². The molecular formula is C17H33NO4. The number of nitrogens with two attached hydrogens (primary N) is 1. The third-order valence-electron chi connectivity index (χ3n) is 3.47. The summed E-state index contributed by atoms with van der Waals surface area (Å²) >= 11 is 0. The van der Waals surface area contributed by atoms with Crippen molar-refractivity contribution in [2.45, 2.75) is 84.1 Å². The molecule has 0 spiro atoms. The SMILES string of the molecule is CCCCCCOC(=O)CC[C@H](N)C(=O)OCCCCCC. The molecule has 1 atom stereocenters. The molecule has 0 aromatic carbocycles. The topological polar surface area (TPSA) is 78.6 Å². The lowest BCUT2D eigenvalue weighted by Gasteiger charge is -2.11. The Balaban J connectivity index is 3.58. The van der Waals surface area contributed by atoms with Gasteiger partial charge in [-0.05, 0) is 19.3 Å². The summed E-state index contributed by atoms with van der Waals surface area (Å²) in [4.78, 5) is 23.1. The molecule has 0 aliphatic rings. The number of ether oxygens (including phenoxy) is 2. The number of rotatable bonds is 14. The predicted molar refractivity (Wildman–Crippen MR) is 87.4 cm³/mol. The molecule has 5 heteroatoms. The molecule has 0 radical (unpaired) electrons. The first-order chi connectivity index (χ1) is 10.6. The molecule has 0 saturated carbocycles. The lowest BCUT2D eigenvalue weighted by molar-refractivity contribution is -0.146. The highest BCUT2D eigenvalue weighted by Crippen LogP contribution is 2.04. The highest BCUT2D eigenvalue weighted by molar-refractivity contribution is 5.77. The van der Waals surface area contributed by atoms with Gasteiger partial charge in [-0.25, -0.2) is 0 Å². The molecule has 0 aromatic rings. The van der Waals surface area contributed by atoms with Crippen LogP contribution < -0.4 is 5.73 Å². The average Bonchev–Trinajstić information content (AvgIpc) is 2.52. The predicted octanol–water partition coefficient (Wildman–Crippen LogP) is 3.34. The van der Waals surface area contributed by atoms with Crippen LogP contribution in [-0.2, 0) is 19.1 Å². The van der Waals surface area contributed by atoms with Gasteiger partial charge in [-0.2, -0.15) is 0 Å². The van der Waals surface area contributed by atoms with Gasteiger partial charge in [0.25, 0.3) is 0 Å². The van der Waals surface area contributed by atoms with Gasteiger partial charge in [0.2, 0.25) is 0 Å². The van der Waals surface area contributed by atoms with Crippen molar-refractivity contribution in [2.75, 3.05) is 13.2 Å². The summed E-state index contributed by atoms with van der Waals surface area (Å²) in [6.07, 6.45) is 8.95. The van der Waals surface area contributed by atoms with Crippen LogP contribution >= 0.6 is 0 Å². The van der Waals surface area contributed by atoms with Crippen LogP contribution in [0.5, 0.6) is 0 Å². The van der Waals surface area contributed by atoms with Crippen LogP contribution in [0.1, 0.15) is 78.1 Å². The smallest absolute Gasteiger partial charge is 0.322 e. The van der Waals surface area contributed by atoms with Crippen molar-refractivity contribution in [2.24, 2.45) is 5.73 Å². The number of hydrogen-bond donors (Lipinski definition) is 1. The molecule has 2 N–H and O–H groups in total. The molecule has 0 aliphatic carbocycles. The van der Waals surface area contributed by atoms with E-state index in [2.05, 4.69) is 13.8 Å². The van der Waals surface area contributed by atoms with E-state index in [1.807, 2.05) is 0 Å². The maximum Gasteiger partial charge on any atom is 0.322 e. The normalized spacial score (nSPS) is 12.0. The van der Waals surface area contributed by atoms with Gasteiger partial charge in [-0.3, -0.25) is 9.59 Å². The summed E-state index contributed by atoms with van der Waals surface area (Å²) in [6.45, 7) is 5.13. The summed E-state index contributed by atoms with van der Waals surface area (Å²) in [7, 11) is 0. The number of hydrogen-bond acceptors (Lipinski definition) is 5. The van der Waals surface area contributed by atoms with E-state index in [1.165, 1.54) is 0 Å². The molecule has 0 fully saturated rings. The van der Waals surface area contributed by atoms with Crippen LogP contribution in [0.2, 0.25) is 0 Å². The minimum Gasteiger partial charge on any atom is -0.466 e. The Morgan fingerprint density at radius 3 is 1.95 bits per heavy atom. The maximum atomic E-state index is 11.6. The van der Waals surface area contributed by atoms with E-state index in [1.54, 1.807) is 0 Å². The lowest BCUT2D eigenvalue weighted by atomic mass is 10.1. The van der Waals surface area contributed by atoms with E-state index in [4.69, 9.17) is 15.2 Å². The molecule has 0 unspecified atom stereocenters. The van der Waals surface area contributed by atoms with E-state index in [0.29, 0.717) is 13.2 Å². The van der Waals surface area contributed by atoms with Crippen LogP contribution in [0.3, 0.4) is 0 Å². The second-order valence-corrected chi connectivity index (χ2v) is 5.65. The maximum absolute atomic E-state index is 11.6. The number of carbonyl (C=O) groups is 2. The van der Waals surface area contributed by atoms with Gasteiger partial charge in [-0.1, -0.05) is 52.4 Å². The first-order valence-electron chi connectivity index (χ1n) is 8.69. The zero-order chi connectivity index (χ0) is 16.6. The standard InChI is InChI=1S/C17H33NO4/c1-3-5-7-9-13-21-16(19)12-11-15(18)17(20)22-14-10-8-6-4-2/h15H,3-14,18H2,1-2H3/t15-/m0/s1. The van der Waals surface area contributed by atoms with Crippen molar-refractivity contribution in [3.63, 3.8) is 0 Å². The summed E-state index contributed by atoms with van der Waals surface area (Å²) in [5.74, 6) is -0.713. The zero-order valence-corrected chi connectivity index (χ0v) is 14.3. The molecule has 0 heterocycles. The van der Waals surface area contributed by atoms with Gasteiger partial charge >= 0.3 is 11.9 Å². The Kier molecular flexibility index (Phi) is 14.1. The Morgan fingerprint density at radius 1 is 0.864 bits per heavy atom. The first-order valence-corrected chi connectivity index (χ1v) is 8.69. The van der Waals surface area contributed by atoms with Gasteiger partial charge in [0.05, 0.1) is 13.2 Å². The van der Waals surface area contributed by atoms with Crippen molar-refractivity contribution in [3.05, 3.63) is 0 Å². The van der Waals surface area contributed by atoms with Gasteiger partial charge in [-0.15, -0.1) is 0 Å². The molecule has 0 bridgehead atoms. The van der Waals surface area contributed by atoms with Crippen LogP contribution in [0.4, 0.5) is 0 Å². The van der Waals surface area contributed by atoms with E-state index in [-0.39, 0.29) is 18.8 Å². The van der Waals surface area contributed by atoms with Gasteiger partial charge in [0, 0.05) is 6.42 Å². The second kappa shape index (κ2) is 14.8. The van der Waals surface area contributed by atoms with Gasteiger partial charge in [0.15, 0.2) is 0 Å². The molecular weight excluding hydrogens is 282 g/mol. The Morgan fingerprint density at radius 2 is 1.41 bits per heavy atom. The molecule has 0 amide bonds. The van der Waals surface area contributed by atoms with Gasteiger partial charge < -0.3 is 15.2 Å². The quantitative estimate of drug-likeness (QED) is 0.393. The third-order valence-corrected chi connectivity index (χ3v) is 3.47. The monoisotopic (exact) mass is 315 g/mol. The zero-order valence-electron chi connectivity index (χ0n) is 14.3. The van der Waals surface area contributed by atoms with E-state index >= 15 is 0 Å². The van der Waals surface area contributed by atoms with Crippen LogP contribution in [-0.4, -0.2) is 31.2 Å². The molecule has 0 rings (SSSR count). The number of unbranched alkanes of at least 4 members (excludes halogenated alkanes) is 6. The fraction of sp³-hybridized carbons (Fsp3) is 0.882.